The van der Waals surface area contributed by atoms with E-state index in [1.807, 2.05) is 10.9 Å². The topological polar surface area (TPSA) is 48.3 Å². The Morgan fingerprint density at radius 3 is 2.72 bits per heavy atom. The van der Waals surface area contributed by atoms with E-state index in [2.05, 4.69) is 33.3 Å². The summed E-state index contributed by atoms with van der Waals surface area (Å²) in [6, 6.07) is 0.240. The van der Waals surface area contributed by atoms with E-state index in [-0.39, 0.29) is 6.04 Å². The maximum Gasteiger partial charge on any atom is 0.0697 e. The van der Waals surface area contributed by atoms with Crippen molar-refractivity contribution in [1.29, 1.82) is 0 Å². The van der Waals surface area contributed by atoms with E-state index in [1.165, 1.54) is 0 Å². The van der Waals surface area contributed by atoms with E-state index in [1.54, 1.807) is 14.2 Å². The molecule has 1 heterocycles. The lowest BCUT2D eigenvalue weighted by Gasteiger charge is -2.20. The molecule has 1 N–H and O–H groups in total. The van der Waals surface area contributed by atoms with Gasteiger partial charge < -0.3 is 14.8 Å². The van der Waals surface area contributed by atoms with Crippen LogP contribution in [0.1, 0.15) is 25.1 Å². The highest BCUT2D eigenvalue weighted by molar-refractivity contribution is 9.10. The molecule has 1 unspecified atom stereocenters. The lowest BCUT2D eigenvalue weighted by molar-refractivity contribution is 0.173. The van der Waals surface area contributed by atoms with E-state index in [0.717, 1.165) is 36.3 Å². The molecule has 0 aromatic carbocycles. The number of hydrogen-bond acceptors (Lipinski definition) is 4. The highest BCUT2D eigenvalue weighted by atomic mass is 79.9. The van der Waals surface area contributed by atoms with Crippen LogP contribution in [0, 0.1) is 0 Å². The molecule has 0 aliphatic heterocycles. The number of aromatic nitrogens is 2. The molecule has 0 spiro atoms. The van der Waals surface area contributed by atoms with Crippen LogP contribution in [-0.2, 0) is 16.0 Å². The van der Waals surface area contributed by atoms with Crippen LogP contribution in [-0.4, -0.2) is 43.8 Å². The summed E-state index contributed by atoms with van der Waals surface area (Å²) in [7, 11) is 3.42. The summed E-state index contributed by atoms with van der Waals surface area (Å²) in [5, 5.41) is 7.84. The molecule has 1 rings (SSSR count). The summed E-state index contributed by atoms with van der Waals surface area (Å²) < 4.78 is 13.3. The zero-order valence-electron chi connectivity index (χ0n) is 11.3. The van der Waals surface area contributed by atoms with Gasteiger partial charge in [0.05, 0.1) is 35.6 Å². The molecule has 0 bridgehead atoms. The van der Waals surface area contributed by atoms with Crippen LogP contribution in [0.4, 0.5) is 0 Å². The lowest BCUT2D eigenvalue weighted by atomic mass is 10.1. The van der Waals surface area contributed by atoms with Crippen LogP contribution in [0.5, 0.6) is 0 Å². The van der Waals surface area contributed by atoms with E-state index in [4.69, 9.17) is 9.47 Å². The van der Waals surface area contributed by atoms with Crippen LogP contribution < -0.4 is 5.32 Å². The summed E-state index contributed by atoms with van der Waals surface area (Å²) in [5.74, 6) is 0. The van der Waals surface area contributed by atoms with E-state index in [0.29, 0.717) is 6.61 Å². The number of nitrogens with one attached hydrogen (secondary N) is 1. The second-order valence-electron chi connectivity index (χ2n) is 3.99. The fourth-order valence-electron chi connectivity index (χ4n) is 1.89. The molecule has 0 aliphatic carbocycles. The fourth-order valence-corrected chi connectivity index (χ4v) is 2.46. The Bertz CT molecular complexity index is 344. The zero-order valence-corrected chi connectivity index (χ0v) is 12.9. The largest absolute Gasteiger partial charge is 0.385 e. The second-order valence-corrected chi connectivity index (χ2v) is 4.84. The molecule has 5 nitrogen and oxygen atoms in total. The molecule has 1 atom stereocenters. The first-order chi connectivity index (χ1) is 8.74. The molecule has 0 radical (unpaired) electrons. The molecular formula is C12H22BrN3O2. The number of methoxy groups -OCH3 is 2. The smallest absolute Gasteiger partial charge is 0.0697 e. The van der Waals surface area contributed by atoms with Crippen molar-refractivity contribution in [3.63, 3.8) is 0 Å². The summed E-state index contributed by atoms with van der Waals surface area (Å²) in [6.07, 6.45) is 2.75. The fraction of sp³-hybridized carbons (Fsp3) is 0.750. The van der Waals surface area contributed by atoms with Gasteiger partial charge in [0.2, 0.25) is 0 Å². The molecule has 0 aliphatic rings. The molecule has 6 heteroatoms. The molecule has 0 saturated heterocycles. The Balaban J connectivity index is 2.83. The summed E-state index contributed by atoms with van der Waals surface area (Å²) in [5.41, 5.74) is 1.16. The van der Waals surface area contributed by atoms with Gasteiger partial charge >= 0.3 is 0 Å². The highest BCUT2D eigenvalue weighted by Crippen LogP contribution is 2.25. The van der Waals surface area contributed by atoms with Crippen LogP contribution in [0.2, 0.25) is 0 Å². The van der Waals surface area contributed by atoms with Gasteiger partial charge in [0.25, 0.3) is 0 Å². The summed E-state index contributed by atoms with van der Waals surface area (Å²) in [6.45, 7) is 5.15. The van der Waals surface area contributed by atoms with Gasteiger partial charge in [-0.15, -0.1) is 0 Å². The summed E-state index contributed by atoms with van der Waals surface area (Å²) in [4.78, 5) is 0. The first-order valence-corrected chi connectivity index (χ1v) is 6.96. The normalized spacial score (nSPS) is 12.9. The van der Waals surface area contributed by atoms with Crippen molar-refractivity contribution >= 4 is 15.9 Å². The SMILES string of the molecule is CCNC(CCOC)c1c(Br)cnn1CCOC. The molecular weight excluding hydrogens is 298 g/mol. The van der Waals surface area contributed by atoms with Crippen molar-refractivity contribution in [3.8, 4) is 0 Å². The Kier molecular flexibility index (Phi) is 7.50. The molecule has 0 amide bonds. The Morgan fingerprint density at radius 2 is 2.11 bits per heavy atom. The number of rotatable bonds is 9. The third-order valence-electron chi connectivity index (χ3n) is 2.73. The maximum atomic E-state index is 5.17. The van der Waals surface area contributed by atoms with Crippen LogP contribution >= 0.6 is 15.9 Å². The van der Waals surface area contributed by atoms with Crippen LogP contribution in [0.15, 0.2) is 10.7 Å². The lowest BCUT2D eigenvalue weighted by Crippen LogP contribution is -2.26. The maximum absolute atomic E-state index is 5.17. The van der Waals surface area contributed by atoms with Crippen molar-refractivity contribution in [2.45, 2.75) is 25.9 Å². The van der Waals surface area contributed by atoms with Crippen LogP contribution in [0.3, 0.4) is 0 Å². The van der Waals surface area contributed by atoms with Crippen molar-refractivity contribution < 1.29 is 9.47 Å². The highest BCUT2D eigenvalue weighted by Gasteiger charge is 2.19. The number of hydrogen-bond donors (Lipinski definition) is 1. The van der Waals surface area contributed by atoms with Gasteiger partial charge in [-0.1, -0.05) is 6.92 Å². The Hall–Kier alpha value is -0.430. The van der Waals surface area contributed by atoms with Gasteiger partial charge in [0.1, 0.15) is 0 Å². The van der Waals surface area contributed by atoms with E-state index in [9.17, 15) is 0 Å². The minimum Gasteiger partial charge on any atom is -0.385 e. The monoisotopic (exact) mass is 319 g/mol. The third kappa shape index (κ3) is 4.35. The van der Waals surface area contributed by atoms with E-state index < -0.39 is 0 Å². The zero-order chi connectivity index (χ0) is 13.4. The van der Waals surface area contributed by atoms with Crippen molar-refractivity contribution in [1.82, 2.24) is 15.1 Å². The van der Waals surface area contributed by atoms with E-state index >= 15 is 0 Å². The molecule has 1 aromatic heterocycles. The minimum atomic E-state index is 0.240. The quantitative estimate of drug-likeness (QED) is 0.756. The Morgan fingerprint density at radius 1 is 1.39 bits per heavy atom. The van der Waals surface area contributed by atoms with Gasteiger partial charge in [-0.05, 0) is 28.9 Å². The molecule has 104 valence electrons. The number of ether oxygens (including phenoxy) is 2. The van der Waals surface area contributed by atoms with Gasteiger partial charge in [-0.2, -0.15) is 5.10 Å². The molecule has 0 saturated carbocycles. The molecule has 18 heavy (non-hydrogen) atoms. The average Bonchev–Trinajstić information content (AvgIpc) is 2.73. The van der Waals surface area contributed by atoms with Crippen molar-refractivity contribution in [2.75, 3.05) is 34.0 Å². The predicted molar refractivity (Wildman–Crippen MR) is 74.7 cm³/mol. The van der Waals surface area contributed by atoms with Gasteiger partial charge in [-0.25, -0.2) is 0 Å². The van der Waals surface area contributed by atoms with Crippen molar-refractivity contribution in [3.05, 3.63) is 16.4 Å². The number of nitrogens with zero attached hydrogens (tertiary/aromatic N) is 2. The molecule has 0 fully saturated rings. The van der Waals surface area contributed by atoms with Crippen molar-refractivity contribution in [2.24, 2.45) is 0 Å². The van der Waals surface area contributed by atoms with Gasteiger partial charge in [0.15, 0.2) is 0 Å². The average molecular weight is 320 g/mol. The number of halogens is 1. The Labute approximate surface area is 117 Å². The van der Waals surface area contributed by atoms with Gasteiger partial charge in [0, 0.05) is 20.8 Å². The van der Waals surface area contributed by atoms with Gasteiger partial charge in [-0.3, -0.25) is 4.68 Å². The molecule has 1 aromatic rings. The third-order valence-corrected chi connectivity index (χ3v) is 3.34. The summed E-state index contributed by atoms with van der Waals surface area (Å²) >= 11 is 3.57. The van der Waals surface area contributed by atoms with Crippen LogP contribution in [0.25, 0.3) is 0 Å². The first-order valence-electron chi connectivity index (χ1n) is 6.17. The minimum absolute atomic E-state index is 0.240. The second kappa shape index (κ2) is 8.63. The predicted octanol–water partition coefficient (Wildman–Crippen LogP) is 1.98. The first kappa shape index (κ1) is 15.6. The standard InChI is InChI=1S/C12H22BrN3O2/c1-4-14-11(5-7-17-2)12-10(13)9-15-16(12)6-8-18-3/h9,11,14H,4-8H2,1-3H3.